The van der Waals surface area contributed by atoms with Crippen LogP contribution in [0.15, 0.2) is 29.2 Å². The highest BCUT2D eigenvalue weighted by Gasteiger charge is 2.62. The number of alkyl halides is 4. The SMILES string of the molecule is Cc1ccc(S(N)(=O)=O)cc1.O=P1(O)OC(CCCl)(CCCl)C(CCCl)(CCCl)OP(=O)(O)O1. The molecule has 1 aliphatic rings. The first kappa shape index (κ1) is 32.6. The predicted molar refractivity (Wildman–Crippen MR) is 132 cm³/mol. The highest BCUT2D eigenvalue weighted by atomic mass is 35.5. The Bertz CT molecular complexity index is 943. The summed E-state index contributed by atoms with van der Waals surface area (Å²) in [4.78, 5) is 19.7. The van der Waals surface area contributed by atoms with Crippen molar-refractivity contribution in [2.24, 2.45) is 5.14 Å². The van der Waals surface area contributed by atoms with Gasteiger partial charge in [0.05, 0.1) is 4.90 Å². The fourth-order valence-electron chi connectivity index (χ4n) is 3.45. The van der Waals surface area contributed by atoms with Gasteiger partial charge in [0.15, 0.2) is 0 Å². The molecule has 0 bridgehead atoms. The maximum atomic E-state index is 12.1. The Hall–Kier alpha value is 0.550. The second-order valence-electron chi connectivity index (χ2n) is 7.30. The molecule has 1 fully saturated rings. The number of primary sulfonamides is 1. The van der Waals surface area contributed by atoms with E-state index in [2.05, 4.69) is 4.31 Å². The predicted octanol–water partition coefficient (Wildman–Crippen LogP) is 4.89. The van der Waals surface area contributed by atoms with Crippen molar-refractivity contribution in [3.8, 4) is 0 Å². The molecule has 2 atom stereocenters. The van der Waals surface area contributed by atoms with Crippen LogP contribution in [0.5, 0.6) is 0 Å². The molecular weight excluding hydrogens is 598 g/mol. The molecule has 0 saturated carbocycles. The molecule has 0 amide bonds. The van der Waals surface area contributed by atoms with E-state index >= 15 is 0 Å². The summed E-state index contributed by atoms with van der Waals surface area (Å²) in [6.07, 6.45) is 0.0673. The Kier molecular flexibility index (Phi) is 12.8. The van der Waals surface area contributed by atoms with Crippen LogP contribution in [0, 0.1) is 6.92 Å². The highest BCUT2D eigenvalue weighted by Crippen LogP contribution is 2.70. The van der Waals surface area contributed by atoms with E-state index in [0.29, 0.717) is 0 Å². The average Bonchev–Trinajstić information content (AvgIpc) is 2.72. The number of hydrogen-bond donors (Lipinski definition) is 3. The summed E-state index contributed by atoms with van der Waals surface area (Å²) in [7, 11) is -13.3. The van der Waals surface area contributed by atoms with Crippen LogP contribution in [0.25, 0.3) is 0 Å². The summed E-state index contributed by atoms with van der Waals surface area (Å²) >= 11 is 23.3. The fraction of sp³-hybridized carbons (Fsp3) is 0.647. The minimum absolute atomic E-state index is 0.0162. The van der Waals surface area contributed by atoms with Crippen LogP contribution in [-0.4, -0.2) is 52.9 Å². The summed E-state index contributed by atoms with van der Waals surface area (Å²) in [5, 5.41) is 4.88. The normalized spacial score (nSPS) is 26.2. The van der Waals surface area contributed by atoms with Gasteiger partial charge in [0.25, 0.3) is 0 Å². The molecular formula is C17H27Cl4NO9P2S. The van der Waals surface area contributed by atoms with E-state index in [1.165, 1.54) is 12.1 Å². The van der Waals surface area contributed by atoms with Gasteiger partial charge in [0.1, 0.15) is 11.2 Å². The number of halogens is 4. The van der Waals surface area contributed by atoms with E-state index in [0.717, 1.165) is 5.56 Å². The molecule has 0 aliphatic carbocycles. The van der Waals surface area contributed by atoms with Crippen molar-refractivity contribution in [2.75, 3.05) is 23.5 Å². The molecule has 1 aromatic rings. The minimum Gasteiger partial charge on any atom is -0.302 e. The molecule has 1 heterocycles. The van der Waals surface area contributed by atoms with E-state index < -0.39 is 36.9 Å². The Morgan fingerprint density at radius 3 is 1.41 bits per heavy atom. The van der Waals surface area contributed by atoms with Gasteiger partial charge >= 0.3 is 15.6 Å². The van der Waals surface area contributed by atoms with E-state index in [1.807, 2.05) is 6.92 Å². The Labute approximate surface area is 219 Å². The lowest BCUT2D eigenvalue weighted by atomic mass is 9.75. The van der Waals surface area contributed by atoms with Crippen LogP contribution in [0.2, 0.25) is 0 Å². The second kappa shape index (κ2) is 13.4. The minimum atomic E-state index is -4.90. The number of hydrogen-bond acceptors (Lipinski definition) is 7. The molecule has 0 aromatic heterocycles. The van der Waals surface area contributed by atoms with Crippen molar-refractivity contribution in [1.29, 1.82) is 0 Å². The summed E-state index contributed by atoms with van der Waals surface area (Å²) in [5.74, 6) is 0.0647. The molecule has 1 aliphatic heterocycles. The smallest absolute Gasteiger partial charge is 0.302 e. The number of rotatable bonds is 9. The van der Waals surface area contributed by atoms with Crippen LogP contribution < -0.4 is 5.14 Å². The molecule has 0 radical (unpaired) electrons. The Morgan fingerprint density at radius 2 is 1.15 bits per heavy atom. The molecule has 2 unspecified atom stereocenters. The van der Waals surface area contributed by atoms with Crippen molar-refractivity contribution < 1.29 is 40.7 Å². The summed E-state index contributed by atoms with van der Waals surface area (Å²) in [5.41, 5.74) is -2.10. The molecule has 0 spiro atoms. The first-order valence-corrected chi connectivity index (χ1v) is 16.4. The third kappa shape index (κ3) is 9.14. The summed E-state index contributed by atoms with van der Waals surface area (Å²) in [6.45, 7) is 1.88. The molecule has 1 saturated heterocycles. The largest absolute Gasteiger partial charge is 0.481 e. The van der Waals surface area contributed by atoms with E-state index in [4.69, 9.17) is 60.6 Å². The van der Waals surface area contributed by atoms with Crippen LogP contribution >= 0.6 is 62.0 Å². The van der Waals surface area contributed by atoms with E-state index in [-0.39, 0.29) is 54.1 Å². The maximum absolute atomic E-state index is 12.1. The lowest BCUT2D eigenvalue weighted by molar-refractivity contribution is -0.126. The molecule has 34 heavy (non-hydrogen) atoms. The molecule has 17 heteroatoms. The Morgan fingerprint density at radius 1 is 0.824 bits per heavy atom. The van der Waals surface area contributed by atoms with Gasteiger partial charge in [-0.2, -0.15) is 4.31 Å². The molecule has 2 rings (SSSR count). The molecule has 198 valence electrons. The number of benzene rings is 1. The first-order chi connectivity index (χ1) is 15.6. The average molecular weight is 625 g/mol. The van der Waals surface area contributed by atoms with Crippen molar-refractivity contribution in [2.45, 2.75) is 48.7 Å². The fourth-order valence-corrected chi connectivity index (χ4v) is 8.08. The molecule has 10 nitrogen and oxygen atoms in total. The lowest BCUT2D eigenvalue weighted by Crippen LogP contribution is -2.57. The number of nitrogens with two attached hydrogens (primary N) is 1. The number of phosphoric ester groups is 2. The second-order valence-corrected chi connectivity index (χ2v) is 13.3. The zero-order valence-electron chi connectivity index (χ0n) is 18.1. The van der Waals surface area contributed by atoms with Gasteiger partial charge in [-0.1, -0.05) is 17.7 Å². The van der Waals surface area contributed by atoms with Gasteiger partial charge in [-0.3, -0.25) is 9.05 Å². The van der Waals surface area contributed by atoms with E-state index in [1.54, 1.807) is 12.1 Å². The van der Waals surface area contributed by atoms with E-state index in [9.17, 15) is 27.3 Å². The topological polar surface area (TPSA) is 162 Å². The van der Waals surface area contributed by atoms with Crippen molar-refractivity contribution in [3.63, 3.8) is 0 Å². The van der Waals surface area contributed by atoms with Gasteiger partial charge < -0.3 is 9.79 Å². The van der Waals surface area contributed by atoms with Gasteiger partial charge in [-0.05, 0) is 44.7 Å². The van der Waals surface area contributed by atoms with Crippen molar-refractivity contribution in [1.82, 2.24) is 0 Å². The molecule has 4 N–H and O–H groups in total. The standard InChI is InChI=1S/C10H18Cl4O7P2.C7H9NO2S/c11-5-1-9(2-6-12)10(3-7-13,4-8-14)20-23(17,18)21-22(15,16)19-9;1-6-2-4-7(5-3-6)11(8,9)10/h1-8H2,(H,15,16)(H,17,18);2-5H,1H3,(H2,8,9,10). The quantitative estimate of drug-likeness (QED) is 0.256. The lowest BCUT2D eigenvalue weighted by Gasteiger charge is -2.47. The number of aryl methyl sites for hydroxylation is 1. The molecule has 1 aromatic carbocycles. The van der Waals surface area contributed by atoms with Crippen LogP contribution in [0.4, 0.5) is 0 Å². The monoisotopic (exact) mass is 623 g/mol. The highest BCUT2D eigenvalue weighted by molar-refractivity contribution is 7.89. The van der Waals surface area contributed by atoms with Gasteiger partial charge in [-0.15, -0.1) is 46.4 Å². The Balaban J connectivity index is 0.000000437. The zero-order chi connectivity index (χ0) is 26.3. The maximum Gasteiger partial charge on any atom is 0.481 e. The van der Waals surface area contributed by atoms with Crippen LogP contribution in [0.1, 0.15) is 31.2 Å². The third-order valence-corrected chi connectivity index (χ3v) is 9.46. The number of phosphoric acid groups is 2. The van der Waals surface area contributed by atoms with Crippen molar-refractivity contribution in [3.05, 3.63) is 29.8 Å². The van der Waals surface area contributed by atoms with Gasteiger partial charge in [-0.25, -0.2) is 22.7 Å². The number of sulfonamides is 1. The van der Waals surface area contributed by atoms with Crippen molar-refractivity contribution >= 4 is 72.1 Å². The first-order valence-electron chi connectivity index (χ1n) is 9.73. The summed E-state index contributed by atoms with van der Waals surface area (Å²) < 4.78 is 60.4. The summed E-state index contributed by atoms with van der Waals surface area (Å²) in [6, 6.07) is 6.40. The van der Waals surface area contributed by atoms with Crippen LogP contribution in [0.3, 0.4) is 0 Å². The van der Waals surface area contributed by atoms with Crippen LogP contribution in [-0.2, 0) is 32.5 Å². The van der Waals surface area contributed by atoms with Gasteiger partial charge in [0.2, 0.25) is 10.0 Å². The third-order valence-electron chi connectivity index (χ3n) is 4.96. The van der Waals surface area contributed by atoms with Gasteiger partial charge in [0, 0.05) is 23.5 Å². The zero-order valence-corrected chi connectivity index (χ0v) is 23.7.